The molecule has 0 saturated carbocycles. The predicted molar refractivity (Wildman–Crippen MR) is 56.8 cm³/mol. The van der Waals surface area contributed by atoms with Crippen molar-refractivity contribution in [1.82, 2.24) is 4.90 Å². The Bertz CT molecular complexity index is 297. The molecule has 2 aliphatic rings. The van der Waals surface area contributed by atoms with Gasteiger partial charge in [0.2, 0.25) is 6.35 Å². The molecule has 1 saturated heterocycles. The lowest BCUT2D eigenvalue weighted by Crippen LogP contribution is -2.43. The number of aliphatic imine (C=N–C) groups is 1. The molecule has 1 fully saturated rings. The van der Waals surface area contributed by atoms with E-state index in [-0.39, 0.29) is 18.3 Å². The Balaban J connectivity index is 1.98. The molecule has 0 aromatic rings. The topological polar surface area (TPSA) is 91.3 Å². The third-order valence-corrected chi connectivity index (χ3v) is 3.27. The van der Waals surface area contributed by atoms with Crippen molar-refractivity contribution >= 4 is 17.6 Å². The van der Waals surface area contributed by atoms with Crippen LogP contribution in [0.4, 0.5) is 0 Å². The smallest absolute Gasteiger partial charge is 0.229 e. The summed E-state index contributed by atoms with van der Waals surface area (Å²) in [5.41, 5.74) is 5.21. The number of nitrogens with zero attached hydrogens (tertiary/aromatic N) is 2. The van der Waals surface area contributed by atoms with Crippen LogP contribution in [0.25, 0.3) is 0 Å². The molecule has 4 N–H and O–H groups in total. The number of amidine groups is 1. The van der Waals surface area contributed by atoms with Crippen LogP contribution in [-0.2, 0) is 4.74 Å². The zero-order valence-electron chi connectivity index (χ0n) is 7.98. The number of hydrogen-bond donors (Lipinski definition) is 3. The van der Waals surface area contributed by atoms with E-state index in [0.29, 0.717) is 11.6 Å². The summed E-state index contributed by atoms with van der Waals surface area (Å²) >= 11 is 1.51. The summed E-state index contributed by atoms with van der Waals surface area (Å²) < 4.78 is 5.47. The first-order valence-corrected chi connectivity index (χ1v) is 5.60. The first kappa shape index (κ1) is 10.7. The van der Waals surface area contributed by atoms with Crippen LogP contribution in [0.5, 0.6) is 0 Å². The van der Waals surface area contributed by atoms with Gasteiger partial charge < -0.3 is 25.6 Å². The van der Waals surface area contributed by atoms with Gasteiger partial charge in [-0.05, 0) is 6.08 Å². The fourth-order valence-corrected chi connectivity index (χ4v) is 2.36. The molecule has 84 valence electrons. The summed E-state index contributed by atoms with van der Waals surface area (Å²) in [5.74, 6) is 0.977. The van der Waals surface area contributed by atoms with Crippen LogP contribution < -0.4 is 5.73 Å². The largest absolute Gasteiger partial charge is 0.393 e. The Morgan fingerprint density at radius 1 is 1.73 bits per heavy atom. The number of aliphatic hydroxyl groups excluding tert-OH is 2. The van der Waals surface area contributed by atoms with Gasteiger partial charge in [0.1, 0.15) is 17.5 Å². The summed E-state index contributed by atoms with van der Waals surface area (Å²) in [5, 5.41) is 18.5. The quantitative estimate of drug-likeness (QED) is 0.556. The molecule has 0 bridgehead atoms. The van der Waals surface area contributed by atoms with E-state index in [1.165, 1.54) is 11.8 Å². The summed E-state index contributed by atoms with van der Waals surface area (Å²) in [6.45, 7) is -0.0276. The van der Waals surface area contributed by atoms with Crippen LogP contribution in [0.3, 0.4) is 0 Å². The summed E-state index contributed by atoms with van der Waals surface area (Å²) in [4.78, 5) is 5.37. The van der Waals surface area contributed by atoms with Crippen LogP contribution in [0.1, 0.15) is 0 Å². The minimum atomic E-state index is -1.00. The van der Waals surface area contributed by atoms with Crippen molar-refractivity contribution in [3.8, 4) is 0 Å². The van der Waals surface area contributed by atoms with Crippen molar-refractivity contribution in [1.29, 1.82) is 0 Å². The molecule has 7 heteroatoms. The first-order valence-electron chi connectivity index (χ1n) is 4.55. The minimum absolute atomic E-state index is 0.0276. The maximum absolute atomic E-state index is 9.61. The third kappa shape index (κ3) is 2.25. The molecule has 3 atom stereocenters. The van der Waals surface area contributed by atoms with Gasteiger partial charge in [0.15, 0.2) is 0 Å². The highest BCUT2D eigenvalue weighted by atomic mass is 32.2. The van der Waals surface area contributed by atoms with Crippen molar-refractivity contribution in [2.45, 2.75) is 18.0 Å². The fraction of sp³-hybridized carbons (Fsp3) is 0.625. The zero-order chi connectivity index (χ0) is 10.8. The van der Waals surface area contributed by atoms with Crippen molar-refractivity contribution in [2.75, 3.05) is 12.4 Å². The summed E-state index contributed by atoms with van der Waals surface area (Å²) in [6, 6.07) is 0. The van der Waals surface area contributed by atoms with Gasteiger partial charge in [-0.3, -0.25) is 0 Å². The van der Waals surface area contributed by atoms with E-state index >= 15 is 0 Å². The lowest BCUT2D eigenvalue weighted by Gasteiger charge is -2.30. The van der Waals surface area contributed by atoms with Gasteiger partial charge >= 0.3 is 0 Å². The van der Waals surface area contributed by atoms with Crippen molar-refractivity contribution < 1.29 is 14.9 Å². The maximum Gasteiger partial charge on any atom is 0.229 e. The Morgan fingerprint density at radius 3 is 3.13 bits per heavy atom. The summed E-state index contributed by atoms with van der Waals surface area (Å²) in [7, 11) is 0. The molecule has 15 heavy (non-hydrogen) atoms. The standard InChI is InChI=1S/C8H13N3O3S/c9-5-1-2-11(8(13)10-5)6-4-15-7(3-12)14-6/h1-2,6-8,12-13H,3-4H2,(H2,9,10)/t6-,7+,8?/m0/s1. The predicted octanol–water partition coefficient (Wildman–Crippen LogP) is -1.14. The van der Waals surface area contributed by atoms with Gasteiger partial charge in [0.25, 0.3) is 0 Å². The SMILES string of the molecule is NC1=NC(O)N([C@@H]2CS[C@H](CO)O2)C=C1. The number of aliphatic hydroxyl groups is 2. The van der Waals surface area contributed by atoms with E-state index in [1.807, 2.05) is 0 Å². The zero-order valence-corrected chi connectivity index (χ0v) is 8.80. The van der Waals surface area contributed by atoms with E-state index in [4.69, 9.17) is 15.6 Å². The van der Waals surface area contributed by atoms with Crippen LogP contribution in [0, 0.1) is 0 Å². The van der Waals surface area contributed by atoms with Crippen LogP contribution in [0.2, 0.25) is 0 Å². The number of nitrogens with two attached hydrogens (primary N) is 1. The van der Waals surface area contributed by atoms with Crippen LogP contribution in [0.15, 0.2) is 17.3 Å². The second-order valence-electron chi connectivity index (χ2n) is 3.20. The second kappa shape index (κ2) is 4.40. The van der Waals surface area contributed by atoms with Gasteiger partial charge in [0.05, 0.1) is 6.61 Å². The van der Waals surface area contributed by atoms with E-state index in [2.05, 4.69) is 4.99 Å². The third-order valence-electron chi connectivity index (χ3n) is 2.16. The van der Waals surface area contributed by atoms with Gasteiger partial charge in [0, 0.05) is 12.0 Å². The molecule has 6 nitrogen and oxygen atoms in total. The average molecular weight is 231 g/mol. The lowest BCUT2D eigenvalue weighted by atomic mass is 10.4. The monoisotopic (exact) mass is 231 g/mol. The van der Waals surface area contributed by atoms with Crippen LogP contribution in [-0.4, -0.2) is 51.3 Å². The fourth-order valence-electron chi connectivity index (χ4n) is 1.42. The van der Waals surface area contributed by atoms with Crippen molar-refractivity contribution in [3.63, 3.8) is 0 Å². The summed E-state index contributed by atoms with van der Waals surface area (Å²) in [6.07, 6.45) is 1.98. The highest BCUT2D eigenvalue weighted by molar-refractivity contribution is 8.00. The molecule has 2 rings (SSSR count). The van der Waals surface area contributed by atoms with E-state index in [1.54, 1.807) is 17.2 Å². The molecule has 2 heterocycles. The highest BCUT2D eigenvalue weighted by Crippen LogP contribution is 2.28. The number of hydrogen-bond acceptors (Lipinski definition) is 7. The molecule has 1 unspecified atom stereocenters. The highest BCUT2D eigenvalue weighted by Gasteiger charge is 2.32. The van der Waals surface area contributed by atoms with Crippen molar-refractivity contribution in [2.24, 2.45) is 10.7 Å². The average Bonchev–Trinajstić information content (AvgIpc) is 2.66. The molecule has 0 aliphatic carbocycles. The van der Waals surface area contributed by atoms with Gasteiger partial charge in [-0.2, -0.15) is 0 Å². The molecular formula is C8H13N3O3S. The second-order valence-corrected chi connectivity index (χ2v) is 4.39. The lowest BCUT2D eigenvalue weighted by molar-refractivity contribution is -0.0973. The Labute approximate surface area is 91.4 Å². The molecular weight excluding hydrogens is 218 g/mol. The van der Waals surface area contributed by atoms with Gasteiger partial charge in [-0.25, -0.2) is 4.99 Å². The Hall–Kier alpha value is -0.760. The normalized spacial score (nSPS) is 35.7. The van der Waals surface area contributed by atoms with E-state index < -0.39 is 6.35 Å². The van der Waals surface area contributed by atoms with Crippen LogP contribution >= 0.6 is 11.8 Å². The maximum atomic E-state index is 9.61. The molecule has 0 spiro atoms. The first-order chi connectivity index (χ1) is 7.20. The Morgan fingerprint density at radius 2 is 2.53 bits per heavy atom. The minimum Gasteiger partial charge on any atom is -0.393 e. The Kier molecular flexibility index (Phi) is 3.15. The van der Waals surface area contributed by atoms with E-state index in [9.17, 15) is 5.11 Å². The van der Waals surface area contributed by atoms with E-state index in [0.717, 1.165) is 0 Å². The molecule has 0 aromatic carbocycles. The molecule has 0 aromatic heterocycles. The molecule has 2 aliphatic heterocycles. The number of rotatable bonds is 2. The molecule has 0 radical (unpaired) electrons. The van der Waals surface area contributed by atoms with Gasteiger partial charge in [-0.15, -0.1) is 11.8 Å². The van der Waals surface area contributed by atoms with Gasteiger partial charge in [-0.1, -0.05) is 0 Å². The number of ether oxygens (including phenoxy) is 1. The number of thioether (sulfide) groups is 1. The molecule has 0 amide bonds. The van der Waals surface area contributed by atoms with Crippen molar-refractivity contribution in [3.05, 3.63) is 12.3 Å².